The lowest BCUT2D eigenvalue weighted by molar-refractivity contribution is -0.141. The maximum absolute atomic E-state index is 15.2. The Balaban J connectivity index is 1.45. The highest BCUT2D eigenvalue weighted by Crippen LogP contribution is 2.48. The number of rotatable bonds is 10. The molecule has 3 aromatic carbocycles. The predicted octanol–water partition coefficient (Wildman–Crippen LogP) is 7.93. The first kappa shape index (κ1) is 29.1. The molecular weight excluding hydrogens is 517 g/mol. The van der Waals surface area contributed by atoms with E-state index < -0.39 is 0 Å². The molecule has 0 aromatic heterocycles. The van der Waals surface area contributed by atoms with Crippen LogP contribution >= 0.6 is 0 Å². The van der Waals surface area contributed by atoms with E-state index in [0.717, 1.165) is 60.2 Å². The van der Waals surface area contributed by atoms with Gasteiger partial charge in [-0.25, -0.2) is 4.39 Å². The van der Waals surface area contributed by atoms with E-state index >= 15 is 4.39 Å². The zero-order chi connectivity index (χ0) is 29.1. The van der Waals surface area contributed by atoms with Crippen LogP contribution in [0.15, 0.2) is 60.7 Å². The summed E-state index contributed by atoms with van der Waals surface area (Å²) in [5.41, 5.74) is 4.69. The largest absolute Gasteiger partial charge is 0.497 e. The maximum Gasteiger partial charge on any atom is 0.306 e. The van der Waals surface area contributed by atoms with E-state index in [1.807, 2.05) is 24.3 Å². The molecule has 3 aromatic rings. The highest BCUT2D eigenvalue weighted by atomic mass is 19.1. The third-order valence-corrected chi connectivity index (χ3v) is 8.88. The average Bonchev–Trinajstić information content (AvgIpc) is 3.80. The van der Waals surface area contributed by atoms with E-state index in [0.29, 0.717) is 30.3 Å². The number of hydrogen-bond acceptors (Lipinski definition) is 5. The number of ether oxygens (including phenoxy) is 3. The Kier molecular flexibility index (Phi) is 8.69. The lowest BCUT2D eigenvalue weighted by Gasteiger charge is -2.46. The van der Waals surface area contributed by atoms with Crippen molar-refractivity contribution < 1.29 is 23.4 Å². The molecule has 5 nitrogen and oxygen atoms in total. The second-order valence-electron chi connectivity index (χ2n) is 12.3. The van der Waals surface area contributed by atoms with Gasteiger partial charge in [0.05, 0.1) is 20.6 Å². The molecule has 0 spiro atoms. The van der Waals surface area contributed by atoms with Crippen molar-refractivity contribution in [2.24, 2.45) is 11.3 Å². The summed E-state index contributed by atoms with van der Waals surface area (Å²) in [5, 5.41) is 0. The zero-order valence-electron chi connectivity index (χ0n) is 24.9. The molecular formula is C35H42FNO4. The first-order valence-electron chi connectivity index (χ1n) is 14.7. The van der Waals surface area contributed by atoms with Crippen molar-refractivity contribution in [2.75, 3.05) is 27.8 Å². The SMILES string of the molecule is COC(=O)CC(c1cccc(OCc2ccc(-c3cc(OC)ccc3F)c([C@H]3N(C)CCCC3(C)C)c2)c1)C1CC1. The smallest absolute Gasteiger partial charge is 0.306 e. The van der Waals surface area contributed by atoms with Crippen LogP contribution in [0.1, 0.15) is 74.6 Å². The van der Waals surface area contributed by atoms with E-state index in [1.54, 1.807) is 19.2 Å². The molecule has 0 N–H and O–H groups in total. The van der Waals surface area contributed by atoms with Crippen LogP contribution < -0.4 is 9.47 Å². The van der Waals surface area contributed by atoms with Gasteiger partial charge in [-0.05, 0) is 109 Å². The first-order valence-corrected chi connectivity index (χ1v) is 14.7. The predicted molar refractivity (Wildman–Crippen MR) is 160 cm³/mol. The standard InChI is InChI=1S/C35H42FNO4/c1-35(2)16-7-17-37(3)34(35)31-18-23(10-14-28(31)30-20-26(39-4)13-15-32(30)36)22-41-27-9-6-8-25(19-27)29(24-11-12-24)21-33(38)40-5/h6,8-10,13-15,18-20,24,29,34H,7,11-12,16-17,21-22H2,1-5H3/t29?,34-/m1/s1. The van der Waals surface area contributed by atoms with Gasteiger partial charge < -0.3 is 14.2 Å². The molecule has 218 valence electrons. The third-order valence-electron chi connectivity index (χ3n) is 8.88. The van der Waals surface area contributed by atoms with Gasteiger partial charge in [-0.2, -0.15) is 0 Å². The van der Waals surface area contributed by atoms with Crippen molar-refractivity contribution in [3.05, 3.63) is 83.2 Å². The highest BCUT2D eigenvalue weighted by molar-refractivity contribution is 5.71. The summed E-state index contributed by atoms with van der Waals surface area (Å²) in [4.78, 5) is 14.5. The number of carbonyl (C=O) groups is 1. The molecule has 1 unspecified atom stereocenters. The second kappa shape index (κ2) is 12.2. The van der Waals surface area contributed by atoms with Crippen molar-refractivity contribution in [1.82, 2.24) is 4.90 Å². The Bertz CT molecular complexity index is 1380. The normalized spacial score (nSPS) is 19.4. The Morgan fingerprint density at radius 1 is 1.02 bits per heavy atom. The molecule has 1 saturated heterocycles. The lowest BCUT2D eigenvalue weighted by atomic mass is 9.72. The van der Waals surface area contributed by atoms with Crippen LogP contribution in [-0.2, 0) is 16.1 Å². The first-order chi connectivity index (χ1) is 19.7. The van der Waals surface area contributed by atoms with Crippen molar-refractivity contribution >= 4 is 5.97 Å². The fourth-order valence-electron chi connectivity index (χ4n) is 6.64. The maximum atomic E-state index is 15.2. The molecule has 5 rings (SSSR count). The van der Waals surface area contributed by atoms with Crippen LogP contribution in [0.5, 0.6) is 11.5 Å². The van der Waals surface area contributed by atoms with Gasteiger partial charge in [0.25, 0.3) is 0 Å². The summed E-state index contributed by atoms with van der Waals surface area (Å²) >= 11 is 0. The minimum Gasteiger partial charge on any atom is -0.497 e. The van der Waals surface area contributed by atoms with E-state index in [2.05, 4.69) is 44.0 Å². The summed E-state index contributed by atoms with van der Waals surface area (Å²) in [7, 11) is 5.21. The molecule has 1 heterocycles. The second-order valence-corrected chi connectivity index (χ2v) is 12.3. The van der Waals surface area contributed by atoms with Gasteiger partial charge in [0.2, 0.25) is 0 Å². The topological polar surface area (TPSA) is 48.0 Å². The quantitative estimate of drug-likeness (QED) is 0.236. The average molecular weight is 560 g/mol. The number of carbonyl (C=O) groups excluding carboxylic acids is 1. The van der Waals surface area contributed by atoms with Crippen molar-refractivity contribution in [2.45, 2.75) is 64.5 Å². The van der Waals surface area contributed by atoms with E-state index in [-0.39, 0.29) is 29.2 Å². The van der Waals surface area contributed by atoms with Gasteiger partial charge in [0, 0.05) is 11.6 Å². The molecule has 0 amide bonds. The van der Waals surface area contributed by atoms with Crippen LogP contribution in [0.2, 0.25) is 0 Å². The van der Waals surface area contributed by atoms with E-state index in [4.69, 9.17) is 14.2 Å². The van der Waals surface area contributed by atoms with E-state index in [9.17, 15) is 4.79 Å². The van der Waals surface area contributed by atoms with Crippen LogP contribution in [0, 0.1) is 17.2 Å². The third kappa shape index (κ3) is 6.59. The van der Waals surface area contributed by atoms with Crippen LogP contribution in [0.3, 0.4) is 0 Å². The molecule has 1 saturated carbocycles. The monoisotopic (exact) mass is 559 g/mol. The van der Waals surface area contributed by atoms with Gasteiger partial charge in [-0.3, -0.25) is 9.69 Å². The molecule has 0 bridgehead atoms. The van der Waals surface area contributed by atoms with Gasteiger partial charge in [0.15, 0.2) is 0 Å². The van der Waals surface area contributed by atoms with E-state index in [1.165, 1.54) is 13.2 Å². The molecule has 2 fully saturated rings. The van der Waals surface area contributed by atoms with Gasteiger partial charge in [-0.15, -0.1) is 0 Å². The number of likely N-dealkylation sites (tertiary alicyclic amines) is 1. The fraction of sp³-hybridized carbons (Fsp3) is 0.457. The molecule has 1 aliphatic heterocycles. The highest BCUT2D eigenvalue weighted by Gasteiger charge is 2.38. The summed E-state index contributed by atoms with van der Waals surface area (Å²) in [6.45, 7) is 5.99. The number of halogens is 1. The Morgan fingerprint density at radius 3 is 2.54 bits per heavy atom. The Hall–Kier alpha value is -3.38. The summed E-state index contributed by atoms with van der Waals surface area (Å²) in [6.07, 6.45) is 4.91. The number of benzene rings is 3. The van der Waals surface area contributed by atoms with Crippen LogP contribution in [-0.4, -0.2) is 38.7 Å². The van der Waals surface area contributed by atoms with Gasteiger partial charge in [-0.1, -0.05) is 44.2 Å². The number of piperidine rings is 1. The molecule has 0 radical (unpaired) electrons. The summed E-state index contributed by atoms with van der Waals surface area (Å²) < 4.78 is 32.0. The summed E-state index contributed by atoms with van der Waals surface area (Å²) in [6, 6.07) is 19.4. The number of esters is 1. The minimum absolute atomic E-state index is 0.0162. The molecule has 2 atom stereocenters. The van der Waals surface area contributed by atoms with Crippen LogP contribution in [0.4, 0.5) is 4.39 Å². The molecule has 1 aliphatic carbocycles. The van der Waals surface area contributed by atoms with Crippen molar-refractivity contribution in [1.29, 1.82) is 0 Å². The van der Waals surface area contributed by atoms with Crippen molar-refractivity contribution in [3.8, 4) is 22.6 Å². The van der Waals surface area contributed by atoms with Crippen molar-refractivity contribution in [3.63, 3.8) is 0 Å². The Morgan fingerprint density at radius 2 is 1.83 bits per heavy atom. The molecule has 6 heteroatoms. The lowest BCUT2D eigenvalue weighted by Crippen LogP contribution is -2.41. The summed E-state index contributed by atoms with van der Waals surface area (Å²) in [5.74, 6) is 1.64. The number of nitrogens with zero attached hydrogens (tertiary/aromatic N) is 1. The molecule has 41 heavy (non-hydrogen) atoms. The molecule has 2 aliphatic rings. The number of hydrogen-bond donors (Lipinski definition) is 0. The zero-order valence-corrected chi connectivity index (χ0v) is 24.9. The fourth-order valence-corrected chi connectivity index (χ4v) is 6.64. The van der Waals surface area contributed by atoms with Gasteiger partial charge in [0.1, 0.15) is 23.9 Å². The van der Waals surface area contributed by atoms with Gasteiger partial charge >= 0.3 is 5.97 Å². The number of methoxy groups -OCH3 is 2. The Labute approximate surface area is 243 Å². The van der Waals surface area contributed by atoms with Crippen LogP contribution in [0.25, 0.3) is 11.1 Å². The minimum atomic E-state index is -0.263.